The van der Waals surface area contributed by atoms with Crippen LogP contribution < -0.4 is 10.6 Å². The molecule has 1 saturated heterocycles. The quantitative estimate of drug-likeness (QED) is 0.408. The van der Waals surface area contributed by atoms with E-state index in [0.29, 0.717) is 12.6 Å². The second kappa shape index (κ2) is 10.9. The smallest absolute Gasteiger partial charge is 0.191 e. The van der Waals surface area contributed by atoms with Crippen LogP contribution in [0, 0.1) is 0 Å². The molecule has 0 radical (unpaired) electrons. The Hall–Kier alpha value is -0.830. The number of aromatic nitrogens is 1. The van der Waals surface area contributed by atoms with E-state index in [-0.39, 0.29) is 24.0 Å². The second-order valence-electron chi connectivity index (χ2n) is 5.82. The zero-order chi connectivity index (χ0) is 15.8. The predicted octanol–water partition coefficient (Wildman–Crippen LogP) is 2.39. The summed E-state index contributed by atoms with van der Waals surface area (Å²) in [5, 5.41) is 10.8. The maximum absolute atomic E-state index is 5.28. The fraction of sp³-hybridized carbons (Fsp3) is 0.750. The van der Waals surface area contributed by atoms with Gasteiger partial charge >= 0.3 is 0 Å². The van der Waals surface area contributed by atoms with Crippen molar-refractivity contribution in [2.75, 3.05) is 26.7 Å². The Labute approximate surface area is 156 Å². The molecule has 2 rings (SSSR count). The van der Waals surface area contributed by atoms with Crippen molar-refractivity contribution in [1.29, 1.82) is 0 Å². The Morgan fingerprint density at radius 1 is 1.39 bits per heavy atom. The number of hydrogen-bond donors (Lipinski definition) is 2. The molecule has 1 aromatic heterocycles. The van der Waals surface area contributed by atoms with E-state index in [1.807, 2.05) is 6.07 Å². The van der Waals surface area contributed by atoms with Crippen LogP contribution in [0.1, 0.15) is 44.6 Å². The van der Waals surface area contributed by atoms with Crippen LogP contribution in [0.5, 0.6) is 0 Å². The van der Waals surface area contributed by atoms with Crippen LogP contribution >= 0.6 is 24.0 Å². The van der Waals surface area contributed by atoms with Gasteiger partial charge in [0.2, 0.25) is 0 Å². The first-order chi connectivity index (χ1) is 10.7. The normalized spacial score (nSPS) is 16.9. The molecule has 23 heavy (non-hydrogen) atoms. The van der Waals surface area contributed by atoms with Gasteiger partial charge in [-0.05, 0) is 32.2 Å². The minimum atomic E-state index is 0. The van der Waals surface area contributed by atoms with Gasteiger partial charge in [0, 0.05) is 32.2 Å². The maximum atomic E-state index is 5.28. The van der Waals surface area contributed by atoms with Crippen LogP contribution in [0.25, 0.3) is 0 Å². The Morgan fingerprint density at radius 3 is 2.70 bits per heavy atom. The van der Waals surface area contributed by atoms with Gasteiger partial charge in [-0.15, -0.1) is 24.0 Å². The van der Waals surface area contributed by atoms with Crippen LogP contribution in [0.2, 0.25) is 0 Å². The average Bonchev–Trinajstić information content (AvgIpc) is 3.01. The van der Waals surface area contributed by atoms with Crippen LogP contribution in [0.15, 0.2) is 15.6 Å². The Kier molecular flexibility index (Phi) is 9.54. The van der Waals surface area contributed by atoms with Crippen LogP contribution in [0.3, 0.4) is 0 Å². The molecule has 0 amide bonds. The minimum Gasteiger partial charge on any atom is -0.359 e. The van der Waals surface area contributed by atoms with Crippen molar-refractivity contribution in [3.05, 3.63) is 17.5 Å². The molecule has 0 unspecified atom stereocenters. The lowest BCUT2D eigenvalue weighted by Crippen LogP contribution is -2.48. The third kappa shape index (κ3) is 6.66. The van der Waals surface area contributed by atoms with Gasteiger partial charge in [0.25, 0.3) is 0 Å². The van der Waals surface area contributed by atoms with Gasteiger partial charge in [-0.25, -0.2) is 0 Å². The van der Waals surface area contributed by atoms with Gasteiger partial charge in [-0.3, -0.25) is 4.99 Å². The molecular formula is C16H30IN5O. The topological polar surface area (TPSA) is 65.7 Å². The molecule has 1 aromatic rings. The molecule has 2 heterocycles. The SMILES string of the molecule is CCCN1CCC(NC(=NC)NCc2cc(CC)no2)CC1.I. The van der Waals surface area contributed by atoms with E-state index >= 15 is 0 Å². The van der Waals surface area contributed by atoms with Crippen LogP contribution in [-0.2, 0) is 13.0 Å². The highest BCUT2D eigenvalue weighted by Gasteiger charge is 2.19. The van der Waals surface area contributed by atoms with Crippen LogP contribution in [-0.4, -0.2) is 48.7 Å². The molecule has 0 spiro atoms. The van der Waals surface area contributed by atoms with Crippen molar-refractivity contribution in [3.8, 4) is 0 Å². The first-order valence-corrected chi connectivity index (χ1v) is 8.39. The molecule has 0 bridgehead atoms. The van der Waals surface area contributed by atoms with E-state index in [1.165, 1.54) is 38.9 Å². The molecule has 132 valence electrons. The summed E-state index contributed by atoms with van der Waals surface area (Å²) in [6.07, 6.45) is 4.47. The highest BCUT2D eigenvalue weighted by atomic mass is 127. The zero-order valence-electron chi connectivity index (χ0n) is 14.5. The van der Waals surface area contributed by atoms with Gasteiger partial charge in [-0.1, -0.05) is 19.0 Å². The molecule has 1 aliphatic rings. The van der Waals surface area contributed by atoms with E-state index < -0.39 is 0 Å². The highest BCUT2D eigenvalue weighted by Crippen LogP contribution is 2.10. The summed E-state index contributed by atoms with van der Waals surface area (Å²) >= 11 is 0. The van der Waals surface area contributed by atoms with Crippen molar-refractivity contribution in [1.82, 2.24) is 20.7 Å². The first-order valence-electron chi connectivity index (χ1n) is 8.39. The van der Waals surface area contributed by atoms with Gasteiger partial charge < -0.3 is 20.1 Å². The van der Waals surface area contributed by atoms with E-state index in [1.54, 1.807) is 7.05 Å². The largest absolute Gasteiger partial charge is 0.359 e. The lowest BCUT2D eigenvalue weighted by Gasteiger charge is -2.32. The number of nitrogens with one attached hydrogen (secondary N) is 2. The summed E-state index contributed by atoms with van der Waals surface area (Å²) in [4.78, 5) is 6.84. The molecule has 7 heteroatoms. The van der Waals surface area contributed by atoms with E-state index in [2.05, 4.69) is 39.5 Å². The summed E-state index contributed by atoms with van der Waals surface area (Å²) in [6, 6.07) is 2.49. The first kappa shape index (κ1) is 20.2. The second-order valence-corrected chi connectivity index (χ2v) is 5.82. The average molecular weight is 435 g/mol. The highest BCUT2D eigenvalue weighted by molar-refractivity contribution is 14.0. The number of aliphatic imine (C=N–C) groups is 1. The van der Waals surface area contributed by atoms with Crippen molar-refractivity contribution in [3.63, 3.8) is 0 Å². The summed E-state index contributed by atoms with van der Waals surface area (Å²) < 4.78 is 5.28. The number of likely N-dealkylation sites (tertiary alicyclic amines) is 1. The van der Waals surface area contributed by atoms with E-state index in [0.717, 1.165) is 23.8 Å². The molecule has 6 nitrogen and oxygen atoms in total. The van der Waals surface area contributed by atoms with Crippen molar-refractivity contribution in [2.24, 2.45) is 4.99 Å². The van der Waals surface area contributed by atoms with Crippen molar-refractivity contribution < 1.29 is 4.52 Å². The molecule has 1 fully saturated rings. The van der Waals surface area contributed by atoms with Crippen molar-refractivity contribution in [2.45, 2.75) is 52.1 Å². The van der Waals surface area contributed by atoms with Crippen molar-refractivity contribution >= 4 is 29.9 Å². The maximum Gasteiger partial charge on any atom is 0.191 e. The number of guanidine groups is 1. The zero-order valence-corrected chi connectivity index (χ0v) is 16.8. The fourth-order valence-electron chi connectivity index (χ4n) is 2.78. The number of piperidine rings is 1. The predicted molar refractivity (Wildman–Crippen MR) is 104 cm³/mol. The summed E-state index contributed by atoms with van der Waals surface area (Å²) in [6.45, 7) is 8.48. The fourth-order valence-corrected chi connectivity index (χ4v) is 2.78. The molecule has 0 atom stereocenters. The molecule has 0 aromatic carbocycles. The summed E-state index contributed by atoms with van der Waals surface area (Å²) in [7, 11) is 1.80. The van der Waals surface area contributed by atoms with E-state index in [9.17, 15) is 0 Å². The number of halogens is 1. The Morgan fingerprint density at radius 2 is 2.13 bits per heavy atom. The lowest BCUT2D eigenvalue weighted by atomic mass is 10.1. The molecule has 0 aliphatic carbocycles. The minimum absolute atomic E-state index is 0. The van der Waals surface area contributed by atoms with E-state index in [4.69, 9.17) is 4.52 Å². The molecule has 1 aliphatic heterocycles. The number of nitrogens with zero attached hydrogens (tertiary/aromatic N) is 3. The number of aryl methyl sites for hydroxylation is 1. The monoisotopic (exact) mass is 435 g/mol. The Balaban J connectivity index is 0.00000264. The van der Waals surface area contributed by atoms with Gasteiger partial charge in [0.05, 0.1) is 12.2 Å². The number of rotatable bonds is 6. The Bertz CT molecular complexity index is 469. The molecular weight excluding hydrogens is 405 g/mol. The number of hydrogen-bond acceptors (Lipinski definition) is 4. The van der Waals surface area contributed by atoms with Gasteiger partial charge in [-0.2, -0.15) is 0 Å². The molecule has 2 N–H and O–H groups in total. The van der Waals surface area contributed by atoms with Crippen LogP contribution in [0.4, 0.5) is 0 Å². The van der Waals surface area contributed by atoms with Gasteiger partial charge in [0.1, 0.15) is 0 Å². The molecule has 0 saturated carbocycles. The summed E-state index contributed by atoms with van der Waals surface area (Å²) in [5.74, 6) is 1.68. The standard InChI is InChI=1S/C16H29N5O.HI/c1-4-8-21-9-6-14(7-10-21)19-16(17-3)18-12-15-11-13(5-2)20-22-15;/h11,14H,4-10,12H2,1-3H3,(H2,17,18,19);1H. The van der Waals surface area contributed by atoms with Gasteiger partial charge in [0.15, 0.2) is 11.7 Å². The summed E-state index contributed by atoms with van der Waals surface area (Å²) in [5.41, 5.74) is 0.989. The third-order valence-electron chi connectivity index (χ3n) is 4.09. The third-order valence-corrected chi connectivity index (χ3v) is 4.09. The lowest BCUT2D eigenvalue weighted by molar-refractivity contribution is 0.206.